The van der Waals surface area contributed by atoms with Gasteiger partial charge in [0, 0.05) is 24.4 Å². The lowest BCUT2D eigenvalue weighted by Crippen LogP contribution is -2.33. The number of nitrogens with one attached hydrogen (secondary N) is 1. The summed E-state index contributed by atoms with van der Waals surface area (Å²) < 4.78 is 0. The summed E-state index contributed by atoms with van der Waals surface area (Å²) in [7, 11) is 2.08. The van der Waals surface area contributed by atoms with Crippen molar-refractivity contribution >= 4 is 0 Å². The van der Waals surface area contributed by atoms with Gasteiger partial charge in [-0.2, -0.15) is 0 Å². The van der Waals surface area contributed by atoms with Crippen LogP contribution in [0.5, 0.6) is 0 Å². The number of aryl methyl sites for hydroxylation is 1. The first kappa shape index (κ1) is 12.4. The van der Waals surface area contributed by atoms with Crippen molar-refractivity contribution in [1.29, 1.82) is 0 Å². The molecule has 98 valence electrons. The number of nitrogens with zero attached hydrogens (tertiary/aromatic N) is 1. The molecule has 0 bridgehead atoms. The molecule has 2 aromatic rings. The van der Waals surface area contributed by atoms with Gasteiger partial charge in [0.25, 0.3) is 0 Å². The van der Waals surface area contributed by atoms with E-state index in [4.69, 9.17) is 0 Å². The van der Waals surface area contributed by atoms with E-state index < -0.39 is 0 Å². The Labute approximate surface area is 114 Å². The number of fused-ring (bicyclic) bond motifs is 1. The second-order valence-electron chi connectivity index (χ2n) is 5.30. The number of hydrogen-bond acceptors (Lipinski definition) is 2. The molecule has 1 aliphatic carbocycles. The maximum absolute atomic E-state index is 4.09. The number of benzene rings is 1. The Bertz CT molecular complexity index is 536. The Morgan fingerprint density at radius 1 is 1.21 bits per heavy atom. The average molecular weight is 252 g/mol. The molecule has 1 aromatic heterocycles. The molecule has 0 saturated heterocycles. The van der Waals surface area contributed by atoms with E-state index in [1.165, 1.54) is 29.5 Å². The molecule has 1 aromatic carbocycles. The van der Waals surface area contributed by atoms with Crippen molar-refractivity contribution in [2.75, 3.05) is 7.05 Å². The van der Waals surface area contributed by atoms with Crippen LogP contribution in [-0.2, 0) is 12.8 Å². The normalized spacial score (nSPS) is 19.1. The summed E-state index contributed by atoms with van der Waals surface area (Å²) in [5.74, 6) is 0.634. The fourth-order valence-corrected chi connectivity index (χ4v) is 3.23. The smallest absolute Gasteiger partial charge is 0.0270 e. The number of pyridine rings is 1. The van der Waals surface area contributed by atoms with E-state index in [1.54, 1.807) is 0 Å². The van der Waals surface area contributed by atoms with Crippen molar-refractivity contribution in [3.63, 3.8) is 0 Å². The average Bonchev–Trinajstić information content (AvgIpc) is 2.90. The molecule has 2 atom stereocenters. The van der Waals surface area contributed by atoms with Gasteiger partial charge in [-0.15, -0.1) is 0 Å². The van der Waals surface area contributed by atoms with Crippen molar-refractivity contribution in [2.24, 2.45) is 0 Å². The Kier molecular flexibility index (Phi) is 3.60. The molecule has 0 spiro atoms. The first-order chi connectivity index (χ1) is 9.38. The van der Waals surface area contributed by atoms with Gasteiger partial charge in [-0.1, -0.05) is 24.3 Å². The first-order valence-electron chi connectivity index (χ1n) is 7.02. The van der Waals surface area contributed by atoms with Crippen molar-refractivity contribution in [1.82, 2.24) is 10.3 Å². The lowest BCUT2D eigenvalue weighted by Gasteiger charge is -2.24. The van der Waals surface area contributed by atoms with Crippen LogP contribution in [0.4, 0.5) is 0 Å². The fourth-order valence-electron chi connectivity index (χ4n) is 3.23. The van der Waals surface area contributed by atoms with E-state index in [0.29, 0.717) is 12.0 Å². The molecule has 2 unspecified atom stereocenters. The highest BCUT2D eigenvalue weighted by atomic mass is 14.9. The minimum atomic E-state index is 0.506. The zero-order valence-corrected chi connectivity index (χ0v) is 11.3. The van der Waals surface area contributed by atoms with Gasteiger partial charge in [-0.05, 0) is 55.1 Å². The molecule has 0 fully saturated rings. The number of rotatable bonds is 4. The van der Waals surface area contributed by atoms with Crippen LogP contribution in [0.2, 0.25) is 0 Å². The quantitative estimate of drug-likeness (QED) is 0.905. The standard InChI is InChI=1S/C17H20N2/c1-18-17(12-13-8-10-19-11-9-13)16-7-6-14-4-2-3-5-15(14)16/h2-5,8-11,16-18H,6-7,12H2,1H3. The van der Waals surface area contributed by atoms with Crippen LogP contribution in [-0.4, -0.2) is 18.1 Å². The van der Waals surface area contributed by atoms with E-state index in [-0.39, 0.29) is 0 Å². The maximum Gasteiger partial charge on any atom is 0.0270 e. The minimum absolute atomic E-state index is 0.506. The molecule has 2 heteroatoms. The molecule has 1 heterocycles. The molecule has 0 aliphatic heterocycles. The van der Waals surface area contributed by atoms with Gasteiger partial charge in [-0.25, -0.2) is 0 Å². The summed E-state index contributed by atoms with van der Waals surface area (Å²) in [6.07, 6.45) is 7.30. The molecule has 0 radical (unpaired) electrons. The maximum atomic E-state index is 4.09. The summed E-state index contributed by atoms with van der Waals surface area (Å²) in [5, 5.41) is 3.51. The molecule has 0 amide bonds. The molecular formula is C17H20N2. The van der Waals surface area contributed by atoms with Gasteiger partial charge in [0.05, 0.1) is 0 Å². The Morgan fingerprint density at radius 3 is 2.79 bits per heavy atom. The highest BCUT2D eigenvalue weighted by Gasteiger charge is 2.28. The van der Waals surface area contributed by atoms with E-state index in [2.05, 4.69) is 53.7 Å². The monoisotopic (exact) mass is 252 g/mol. The third-order valence-corrected chi connectivity index (χ3v) is 4.24. The van der Waals surface area contributed by atoms with Crippen LogP contribution in [0.15, 0.2) is 48.8 Å². The van der Waals surface area contributed by atoms with Crippen LogP contribution >= 0.6 is 0 Å². The van der Waals surface area contributed by atoms with Gasteiger partial charge < -0.3 is 5.32 Å². The van der Waals surface area contributed by atoms with Gasteiger partial charge in [-0.3, -0.25) is 4.98 Å². The number of aromatic nitrogens is 1. The molecule has 19 heavy (non-hydrogen) atoms. The Balaban J connectivity index is 1.81. The zero-order valence-electron chi connectivity index (χ0n) is 11.3. The van der Waals surface area contributed by atoms with Crippen molar-refractivity contribution in [2.45, 2.75) is 31.2 Å². The van der Waals surface area contributed by atoms with E-state index in [1.807, 2.05) is 12.4 Å². The van der Waals surface area contributed by atoms with Crippen molar-refractivity contribution in [3.05, 3.63) is 65.5 Å². The van der Waals surface area contributed by atoms with Gasteiger partial charge >= 0.3 is 0 Å². The largest absolute Gasteiger partial charge is 0.316 e. The van der Waals surface area contributed by atoms with Gasteiger partial charge in [0.2, 0.25) is 0 Å². The lowest BCUT2D eigenvalue weighted by atomic mass is 9.89. The highest BCUT2D eigenvalue weighted by Crippen LogP contribution is 2.36. The van der Waals surface area contributed by atoms with E-state index >= 15 is 0 Å². The predicted octanol–water partition coefficient (Wildman–Crippen LogP) is 2.94. The van der Waals surface area contributed by atoms with Crippen molar-refractivity contribution < 1.29 is 0 Å². The zero-order chi connectivity index (χ0) is 13.1. The third-order valence-electron chi connectivity index (χ3n) is 4.24. The predicted molar refractivity (Wildman–Crippen MR) is 78.3 cm³/mol. The molecule has 3 rings (SSSR count). The van der Waals surface area contributed by atoms with Crippen molar-refractivity contribution in [3.8, 4) is 0 Å². The molecule has 1 N–H and O–H groups in total. The van der Waals surface area contributed by atoms with Gasteiger partial charge in [0.1, 0.15) is 0 Å². The second kappa shape index (κ2) is 5.54. The summed E-state index contributed by atoms with van der Waals surface area (Å²) in [4.78, 5) is 4.09. The fraction of sp³-hybridized carbons (Fsp3) is 0.353. The van der Waals surface area contributed by atoms with E-state index in [9.17, 15) is 0 Å². The molecular weight excluding hydrogens is 232 g/mol. The third kappa shape index (κ3) is 2.54. The van der Waals surface area contributed by atoms with Crippen LogP contribution in [0.3, 0.4) is 0 Å². The first-order valence-corrected chi connectivity index (χ1v) is 7.02. The molecule has 1 aliphatic rings. The van der Waals surface area contributed by atoms with Crippen LogP contribution < -0.4 is 5.32 Å². The summed E-state index contributed by atoms with van der Waals surface area (Å²) >= 11 is 0. The topological polar surface area (TPSA) is 24.9 Å². The SMILES string of the molecule is CNC(Cc1ccncc1)C1CCc2ccccc21. The summed E-state index contributed by atoms with van der Waals surface area (Å²) in [6.45, 7) is 0. The summed E-state index contributed by atoms with van der Waals surface area (Å²) in [5.41, 5.74) is 4.43. The van der Waals surface area contributed by atoms with Crippen LogP contribution in [0, 0.1) is 0 Å². The van der Waals surface area contributed by atoms with Crippen LogP contribution in [0.25, 0.3) is 0 Å². The summed E-state index contributed by atoms with van der Waals surface area (Å²) in [6, 6.07) is 13.6. The molecule has 2 nitrogen and oxygen atoms in total. The lowest BCUT2D eigenvalue weighted by molar-refractivity contribution is 0.456. The highest BCUT2D eigenvalue weighted by molar-refractivity contribution is 5.36. The second-order valence-corrected chi connectivity index (χ2v) is 5.30. The molecule has 0 saturated carbocycles. The minimum Gasteiger partial charge on any atom is -0.316 e. The number of likely N-dealkylation sites (N-methyl/N-ethyl adjacent to an activating group) is 1. The van der Waals surface area contributed by atoms with Gasteiger partial charge in [0.15, 0.2) is 0 Å². The van der Waals surface area contributed by atoms with Crippen LogP contribution in [0.1, 0.15) is 29.0 Å². The Hall–Kier alpha value is -1.67. The Morgan fingerprint density at radius 2 is 2.00 bits per heavy atom. The number of hydrogen-bond donors (Lipinski definition) is 1. The van der Waals surface area contributed by atoms with E-state index in [0.717, 1.165) is 6.42 Å².